The van der Waals surface area contributed by atoms with Gasteiger partial charge in [-0.25, -0.2) is 4.98 Å². The first-order valence-electron chi connectivity index (χ1n) is 5.81. The highest BCUT2D eigenvalue weighted by Crippen LogP contribution is 2.20. The SMILES string of the molecule is CCc1nc(C)c(C(=O)N(C)CC(C)C(=O)O)s1. The Morgan fingerprint density at radius 3 is 2.56 bits per heavy atom. The lowest BCUT2D eigenvalue weighted by molar-refractivity contribution is -0.141. The molecule has 1 atom stereocenters. The summed E-state index contributed by atoms with van der Waals surface area (Å²) in [7, 11) is 1.62. The summed E-state index contributed by atoms with van der Waals surface area (Å²) in [5, 5.41) is 9.76. The first-order valence-corrected chi connectivity index (χ1v) is 6.63. The molecule has 1 rings (SSSR count). The maximum Gasteiger partial charge on any atom is 0.308 e. The van der Waals surface area contributed by atoms with Crippen LogP contribution < -0.4 is 0 Å². The fraction of sp³-hybridized carbons (Fsp3) is 0.583. The van der Waals surface area contributed by atoms with E-state index in [1.54, 1.807) is 20.9 Å². The second-order valence-corrected chi connectivity index (χ2v) is 5.38. The Hall–Kier alpha value is -1.43. The summed E-state index contributed by atoms with van der Waals surface area (Å²) >= 11 is 1.38. The lowest BCUT2D eigenvalue weighted by atomic mass is 10.2. The van der Waals surface area contributed by atoms with Gasteiger partial charge in [0.25, 0.3) is 5.91 Å². The van der Waals surface area contributed by atoms with Gasteiger partial charge in [-0.2, -0.15) is 0 Å². The lowest BCUT2D eigenvalue weighted by Crippen LogP contribution is -2.33. The highest BCUT2D eigenvalue weighted by Gasteiger charge is 2.22. The first-order chi connectivity index (χ1) is 8.36. The highest BCUT2D eigenvalue weighted by atomic mass is 32.1. The number of amides is 1. The number of thiazole rings is 1. The van der Waals surface area contributed by atoms with Crippen molar-refractivity contribution in [2.45, 2.75) is 27.2 Å². The molecule has 0 aliphatic carbocycles. The van der Waals surface area contributed by atoms with Crippen molar-refractivity contribution in [3.63, 3.8) is 0 Å². The number of hydrogen-bond donors (Lipinski definition) is 1. The van der Waals surface area contributed by atoms with Crippen LogP contribution in [0.25, 0.3) is 0 Å². The summed E-state index contributed by atoms with van der Waals surface area (Å²) in [6, 6.07) is 0. The van der Waals surface area contributed by atoms with Crippen molar-refractivity contribution < 1.29 is 14.7 Å². The van der Waals surface area contributed by atoms with E-state index >= 15 is 0 Å². The average molecular weight is 270 g/mol. The molecule has 1 N–H and O–H groups in total. The van der Waals surface area contributed by atoms with Crippen LogP contribution in [0.2, 0.25) is 0 Å². The Morgan fingerprint density at radius 2 is 2.11 bits per heavy atom. The number of carboxylic acid groups (broad SMARTS) is 1. The van der Waals surface area contributed by atoms with Gasteiger partial charge in [0.1, 0.15) is 4.88 Å². The normalized spacial score (nSPS) is 12.2. The number of carboxylic acids is 1. The molecule has 6 heteroatoms. The van der Waals surface area contributed by atoms with Crippen molar-refractivity contribution in [3.05, 3.63) is 15.6 Å². The zero-order valence-corrected chi connectivity index (χ0v) is 11.9. The van der Waals surface area contributed by atoms with E-state index in [0.29, 0.717) is 4.88 Å². The molecule has 0 aliphatic rings. The van der Waals surface area contributed by atoms with Gasteiger partial charge in [-0.3, -0.25) is 9.59 Å². The third-order valence-corrected chi connectivity index (χ3v) is 3.94. The van der Waals surface area contributed by atoms with Gasteiger partial charge >= 0.3 is 5.97 Å². The zero-order valence-electron chi connectivity index (χ0n) is 11.1. The number of carbonyl (C=O) groups is 2. The van der Waals surface area contributed by atoms with Gasteiger partial charge in [-0.1, -0.05) is 13.8 Å². The largest absolute Gasteiger partial charge is 0.481 e. The van der Waals surface area contributed by atoms with Crippen molar-refractivity contribution in [3.8, 4) is 0 Å². The minimum Gasteiger partial charge on any atom is -0.481 e. The Balaban J connectivity index is 2.79. The third kappa shape index (κ3) is 3.29. The fourth-order valence-electron chi connectivity index (χ4n) is 1.55. The molecule has 1 heterocycles. The zero-order chi connectivity index (χ0) is 13.9. The topological polar surface area (TPSA) is 70.5 Å². The summed E-state index contributed by atoms with van der Waals surface area (Å²) in [4.78, 5) is 29.3. The van der Waals surface area contributed by atoms with Crippen LogP contribution in [-0.4, -0.2) is 40.5 Å². The molecule has 0 aliphatic heterocycles. The van der Waals surface area contributed by atoms with E-state index in [2.05, 4.69) is 4.98 Å². The van der Waals surface area contributed by atoms with Crippen molar-refractivity contribution >= 4 is 23.2 Å². The Kier molecular flexibility index (Phi) is 4.84. The van der Waals surface area contributed by atoms with Gasteiger partial charge in [0.15, 0.2) is 0 Å². The minimum atomic E-state index is -0.898. The van der Waals surface area contributed by atoms with E-state index in [1.165, 1.54) is 16.2 Å². The van der Waals surface area contributed by atoms with Crippen LogP contribution in [0.4, 0.5) is 0 Å². The molecule has 18 heavy (non-hydrogen) atoms. The molecule has 0 spiro atoms. The number of aliphatic carboxylic acids is 1. The highest BCUT2D eigenvalue weighted by molar-refractivity contribution is 7.13. The predicted octanol–water partition coefficient (Wildman–Crippen LogP) is 1.81. The quantitative estimate of drug-likeness (QED) is 0.885. The van der Waals surface area contributed by atoms with Crippen LogP contribution in [0, 0.1) is 12.8 Å². The second kappa shape index (κ2) is 5.95. The summed E-state index contributed by atoms with van der Waals surface area (Å²) in [6.07, 6.45) is 0.800. The molecule has 1 unspecified atom stereocenters. The molecule has 1 amide bonds. The number of nitrogens with zero attached hydrogens (tertiary/aromatic N) is 2. The summed E-state index contributed by atoms with van der Waals surface area (Å²) in [5.41, 5.74) is 0.719. The monoisotopic (exact) mass is 270 g/mol. The Morgan fingerprint density at radius 1 is 1.50 bits per heavy atom. The summed E-state index contributed by atoms with van der Waals surface area (Å²) < 4.78 is 0. The maximum atomic E-state index is 12.2. The van der Waals surface area contributed by atoms with Crippen molar-refractivity contribution in [2.75, 3.05) is 13.6 Å². The molecule has 0 saturated carbocycles. The molecular weight excluding hydrogens is 252 g/mol. The van der Waals surface area contributed by atoms with Crippen LogP contribution in [0.5, 0.6) is 0 Å². The van der Waals surface area contributed by atoms with E-state index in [4.69, 9.17) is 5.11 Å². The molecule has 0 aromatic carbocycles. The maximum absolute atomic E-state index is 12.2. The number of carbonyl (C=O) groups excluding carboxylic acids is 1. The van der Waals surface area contributed by atoms with Gasteiger partial charge in [-0.05, 0) is 13.3 Å². The van der Waals surface area contributed by atoms with E-state index in [9.17, 15) is 9.59 Å². The second-order valence-electron chi connectivity index (χ2n) is 4.30. The van der Waals surface area contributed by atoms with E-state index < -0.39 is 11.9 Å². The standard InChI is InChI=1S/C12H18N2O3S/c1-5-9-13-8(3)10(18-9)11(15)14(4)6-7(2)12(16)17/h7H,5-6H2,1-4H3,(H,16,17). The molecular formula is C12H18N2O3S. The molecule has 100 valence electrons. The fourth-order valence-corrected chi connectivity index (χ4v) is 2.55. The Labute approximate surface area is 110 Å². The van der Waals surface area contributed by atoms with E-state index in [-0.39, 0.29) is 12.5 Å². The predicted molar refractivity (Wildman–Crippen MR) is 70.0 cm³/mol. The van der Waals surface area contributed by atoms with Crippen molar-refractivity contribution in [1.82, 2.24) is 9.88 Å². The summed E-state index contributed by atoms with van der Waals surface area (Å²) in [5.74, 6) is -1.62. The first kappa shape index (κ1) is 14.6. The average Bonchev–Trinajstić information content (AvgIpc) is 2.69. The number of rotatable bonds is 5. The van der Waals surface area contributed by atoms with Gasteiger partial charge in [0.2, 0.25) is 0 Å². The molecule has 0 saturated heterocycles. The van der Waals surface area contributed by atoms with Gasteiger partial charge < -0.3 is 10.0 Å². The molecule has 1 aromatic heterocycles. The van der Waals surface area contributed by atoms with Gasteiger partial charge in [0.05, 0.1) is 16.6 Å². The van der Waals surface area contributed by atoms with Crippen LogP contribution in [0.1, 0.15) is 34.2 Å². The van der Waals surface area contributed by atoms with Crippen LogP contribution in [0.15, 0.2) is 0 Å². The number of aryl methyl sites for hydroxylation is 2. The van der Waals surface area contributed by atoms with E-state index in [0.717, 1.165) is 17.1 Å². The molecule has 0 fully saturated rings. The van der Waals surface area contributed by atoms with Gasteiger partial charge in [0, 0.05) is 13.6 Å². The van der Waals surface area contributed by atoms with Crippen LogP contribution in [-0.2, 0) is 11.2 Å². The molecule has 0 radical (unpaired) electrons. The van der Waals surface area contributed by atoms with Crippen LogP contribution in [0.3, 0.4) is 0 Å². The number of aromatic nitrogens is 1. The Bertz CT molecular complexity index is 456. The minimum absolute atomic E-state index is 0.155. The van der Waals surface area contributed by atoms with E-state index in [1.807, 2.05) is 6.92 Å². The molecule has 1 aromatic rings. The lowest BCUT2D eigenvalue weighted by Gasteiger charge is -2.18. The van der Waals surface area contributed by atoms with Crippen molar-refractivity contribution in [2.24, 2.45) is 5.92 Å². The van der Waals surface area contributed by atoms with Crippen molar-refractivity contribution in [1.29, 1.82) is 0 Å². The third-order valence-electron chi connectivity index (χ3n) is 2.65. The molecule has 5 nitrogen and oxygen atoms in total. The van der Waals surface area contributed by atoms with Crippen LogP contribution >= 0.6 is 11.3 Å². The summed E-state index contributed by atoms with van der Waals surface area (Å²) in [6.45, 7) is 5.58. The molecule has 0 bridgehead atoms. The van der Waals surface area contributed by atoms with Gasteiger partial charge in [-0.15, -0.1) is 11.3 Å². The number of hydrogen-bond acceptors (Lipinski definition) is 4. The smallest absolute Gasteiger partial charge is 0.308 e.